The standard InChI is InChI=1S/C17H21BrN2S/c1-17(2,3)19-10-14-15(11-4-5-11)20-16(21-14)12-6-8-13(18)9-7-12/h6-9,11,19H,4-5,10H2,1-3H3. The van der Waals surface area contributed by atoms with Gasteiger partial charge in [-0.2, -0.15) is 0 Å². The van der Waals surface area contributed by atoms with Crippen LogP contribution in [-0.4, -0.2) is 10.5 Å². The predicted octanol–water partition coefficient (Wildman–Crippen LogP) is 5.34. The van der Waals surface area contributed by atoms with E-state index in [0.29, 0.717) is 5.92 Å². The fourth-order valence-electron chi connectivity index (χ4n) is 2.23. The molecule has 2 nitrogen and oxygen atoms in total. The second kappa shape index (κ2) is 5.82. The van der Waals surface area contributed by atoms with Crippen LogP contribution in [0.25, 0.3) is 10.6 Å². The van der Waals surface area contributed by atoms with E-state index < -0.39 is 0 Å². The van der Waals surface area contributed by atoms with E-state index in [2.05, 4.69) is 66.3 Å². The van der Waals surface area contributed by atoms with Gasteiger partial charge in [0.2, 0.25) is 0 Å². The molecule has 1 aromatic heterocycles. The van der Waals surface area contributed by atoms with E-state index in [4.69, 9.17) is 4.98 Å². The molecular formula is C17H21BrN2S. The van der Waals surface area contributed by atoms with Gasteiger partial charge in [-0.15, -0.1) is 11.3 Å². The maximum absolute atomic E-state index is 4.94. The highest BCUT2D eigenvalue weighted by molar-refractivity contribution is 9.10. The molecule has 0 atom stereocenters. The Kier molecular flexibility index (Phi) is 4.21. The minimum Gasteiger partial charge on any atom is -0.307 e. The molecule has 0 saturated heterocycles. The summed E-state index contributed by atoms with van der Waals surface area (Å²) in [5.41, 5.74) is 2.68. The minimum absolute atomic E-state index is 0.141. The summed E-state index contributed by atoms with van der Waals surface area (Å²) in [6.07, 6.45) is 2.60. The maximum Gasteiger partial charge on any atom is 0.123 e. The van der Waals surface area contributed by atoms with Crippen molar-refractivity contribution in [1.82, 2.24) is 10.3 Å². The van der Waals surface area contributed by atoms with Crippen molar-refractivity contribution in [2.45, 2.75) is 51.6 Å². The van der Waals surface area contributed by atoms with E-state index in [-0.39, 0.29) is 5.54 Å². The molecule has 1 heterocycles. The molecule has 112 valence electrons. The number of benzene rings is 1. The van der Waals surface area contributed by atoms with E-state index in [1.54, 1.807) is 0 Å². The van der Waals surface area contributed by atoms with Gasteiger partial charge in [0, 0.05) is 32.9 Å². The molecule has 0 bridgehead atoms. The third-order valence-corrected chi connectivity index (χ3v) is 5.21. The summed E-state index contributed by atoms with van der Waals surface area (Å²) in [5.74, 6) is 0.696. The van der Waals surface area contributed by atoms with E-state index in [1.807, 2.05) is 11.3 Å². The zero-order valence-electron chi connectivity index (χ0n) is 12.7. The number of hydrogen-bond acceptors (Lipinski definition) is 3. The molecule has 1 aromatic carbocycles. The fourth-order valence-corrected chi connectivity index (χ4v) is 3.58. The molecule has 1 fully saturated rings. The Morgan fingerprint density at radius 2 is 1.90 bits per heavy atom. The first kappa shape index (κ1) is 15.2. The zero-order chi connectivity index (χ0) is 15.0. The van der Waals surface area contributed by atoms with E-state index in [1.165, 1.54) is 29.0 Å². The van der Waals surface area contributed by atoms with Crippen molar-refractivity contribution >= 4 is 27.3 Å². The number of rotatable bonds is 4. The Bertz CT molecular complexity index is 621. The lowest BCUT2D eigenvalue weighted by Crippen LogP contribution is -2.35. The maximum atomic E-state index is 4.94. The Morgan fingerprint density at radius 1 is 1.24 bits per heavy atom. The minimum atomic E-state index is 0.141. The van der Waals surface area contributed by atoms with Gasteiger partial charge in [-0.1, -0.05) is 28.1 Å². The molecule has 0 unspecified atom stereocenters. The van der Waals surface area contributed by atoms with E-state index >= 15 is 0 Å². The number of thiazole rings is 1. The number of hydrogen-bond donors (Lipinski definition) is 1. The fraction of sp³-hybridized carbons (Fsp3) is 0.471. The van der Waals surface area contributed by atoms with Crippen molar-refractivity contribution in [3.63, 3.8) is 0 Å². The largest absolute Gasteiger partial charge is 0.307 e. The van der Waals surface area contributed by atoms with Crippen LogP contribution >= 0.6 is 27.3 Å². The van der Waals surface area contributed by atoms with Crippen molar-refractivity contribution in [3.05, 3.63) is 39.3 Å². The van der Waals surface area contributed by atoms with Gasteiger partial charge in [0.25, 0.3) is 0 Å². The zero-order valence-corrected chi connectivity index (χ0v) is 15.1. The summed E-state index contributed by atoms with van der Waals surface area (Å²) < 4.78 is 1.11. The number of aromatic nitrogens is 1. The van der Waals surface area contributed by atoms with Crippen LogP contribution in [0.2, 0.25) is 0 Å². The monoisotopic (exact) mass is 364 g/mol. The van der Waals surface area contributed by atoms with Crippen molar-refractivity contribution in [1.29, 1.82) is 0 Å². The average Bonchev–Trinajstić information content (AvgIpc) is 3.17. The van der Waals surface area contributed by atoms with Gasteiger partial charge in [0.15, 0.2) is 0 Å². The van der Waals surface area contributed by atoms with Crippen LogP contribution in [0.3, 0.4) is 0 Å². The molecule has 2 aromatic rings. The molecule has 0 amide bonds. The highest BCUT2D eigenvalue weighted by Crippen LogP contribution is 2.44. The van der Waals surface area contributed by atoms with Gasteiger partial charge in [0.1, 0.15) is 5.01 Å². The lowest BCUT2D eigenvalue weighted by molar-refractivity contribution is 0.425. The van der Waals surface area contributed by atoms with E-state index in [9.17, 15) is 0 Å². The average molecular weight is 365 g/mol. The summed E-state index contributed by atoms with van der Waals surface area (Å²) >= 11 is 5.33. The Balaban J connectivity index is 1.87. The number of nitrogens with one attached hydrogen (secondary N) is 1. The molecule has 4 heteroatoms. The molecule has 3 rings (SSSR count). The summed E-state index contributed by atoms with van der Waals surface area (Å²) in [5, 5.41) is 4.75. The first-order chi connectivity index (χ1) is 9.92. The molecule has 0 radical (unpaired) electrons. The first-order valence-corrected chi connectivity index (χ1v) is 9.04. The van der Waals surface area contributed by atoms with Crippen molar-refractivity contribution in [2.75, 3.05) is 0 Å². The lowest BCUT2D eigenvalue weighted by atomic mass is 10.1. The SMILES string of the molecule is CC(C)(C)NCc1sc(-c2ccc(Br)cc2)nc1C1CC1. The molecule has 0 spiro atoms. The van der Waals surface area contributed by atoms with Crippen LogP contribution in [-0.2, 0) is 6.54 Å². The van der Waals surface area contributed by atoms with Crippen LogP contribution in [0.4, 0.5) is 0 Å². The highest BCUT2D eigenvalue weighted by atomic mass is 79.9. The summed E-state index contributed by atoms with van der Waals surface area (Å²) in [6, 6.07) is 8.45. The smallest absolute Gasteiger partial charge is 0.123 e. The van der Waals surface area contributed by atoms with Crippen molar-refractivity contribution in [2.24, 2.45) is 0 Å². The lowest BCUT2D eigenvalue weighted by Gasteiger charge is -2.20. The van der Waals surface area contributed by atoms with Gasteiger partial charge in [0.05, 0.1) is 5.69 Å². The molecule has 0 aliphatic heterocycles. The van der Waals surface area contributed by atoms with Gasteiger partial charge in [-0.3, -0.25) is 0 Å². The summed E-state index contributed by atoms with van der Waals surface area (Å²) in [7, 11) is 0. The molecule has 1 aliphatic carbocycles. The summed E-state index contributed by atoms with van der Waals surface area (Å²) in [6.45, 7) is 7.55. The normalized spacial score (nSPS) is 15.4. The number of halogens is 1. The second-order valence-electron chi connectivity index (χ2n) is 6.71. The molecule has 1 aliphatic rings. The Labute approximate surface area is 139 Å². The van der Waals surface area contributed by atoms with Crippen molar-refractivity contribution in [3.8, 4) is 10.6 Å². The van der Waals surface area contributed by atoms with E-state index in [0.717, 1.165) is 16.0 Å². The third-order valence-electron chi connectivity index (χ3n) is 3.56. The number of nitrogens with zero attached hydrogens (tertiary/aromatic N) is 1. The van der Waals surface area contributed by atoms with Gasteiger partial charge < -0.3 is 5.32 Å². The third kappa shape index (κ3) is 3.93. The van der Waals surface area contributed by atoms with Crippen LogP contribution in [0.15, 0.2) is 28.7 Å². The van der Waals surface area contributed by atoms with Gasteiger partial charge in [-0.25, -0.2) is 4.98 Å². The van der Waals surface area contributed by atoms with Crippen LogP contribution in [0, 0.1) is 0 Å². The second-order valence-corrected chi connectivity index (χ2v) is 8.71. The van der Waals surface area contributed by atoms with Gasteiger partial charge in [-0.05, 0) is 45.7 Å². The Morgan fingerprint density at radius 3 is 2.48 bits per heavy atom. The molecule has 1 saturated carbocycles. The Hall–Kier alpha value is -0.710. The molecule has 21 heavy (non-hydrogen) atoms. The predicted molar refractivity (Wildman–Crippen MR) is 93.8 cm³/mol. The highest BCUT2D eigenvalue weighted by Gasteiger charge is 2.30. The topological polar surface area (TPSA) is 24.9 Å². The first-order valence-electron chi connectivity index (χ1n) is 7.43. The molecule has 1 N–H and O–H groups in total. The quantitative estimate of drug-likeness (QED) is 0.791. The van der Waals surface area contributed by atoms with Crippen molar-refractivity contribution < 1.29 is 0 Å². The van der Waals surface area contributed by atoms with Crippen LogP contribution in [0.1, 0.15) is 50.1 Å². The van der Waals surface area contributed by atoms with Crippen LogP contribution < -0.4 is 5.32 Å². The van der Waals surface area contributed by atoms with Crippen LogP contribution in [0.5, 0.6) is 0 Å². The summed E-state index contributed by atoms with van der Waals surface area (Å²) in [4.78, 5) is 6.34. The molecular weight excluding hydrogens is 344 g/mol. The van der Waals surface area contributed by atoms with Gasteiger partial charge >= 0.3 is 0 Å².